The van der Waals surface area contributed by atoms with E-state index >= 15 is 0 Å². The Morgan fingerprint density at radius 3 is 2.41 bits per heavy atom. The number of nitrogens with one attached hydrogen (secondary N) is 2. The maximum atomic E-state index is 12.9. The predicted octanol–water partition coefficient (Wildman–Crippen LogP) is 4.10. The zero-order valence-corrected chi connectivity index (χ0v) is 18.7. The van der Waals surface area contributed by atoms with Crippen LogP contribution in [0, 0.1) is 19.7 Å². The zero-order valence-electron chi connectivity index (χ0n) is 16.4. The van der Waals surface area contributed by atoms with Crippen molar-refractivity contribution in [1.29, 1.82) is 0 Å². The molecule has 2 heterocycles. The maximum absolute atomic E-state index is 12.9. The standard InChI is InChI=1S/C20H22FN5O2.HI/c1-13-14(2)27-19(26-13)12-25-20(22-3)24-11-15-4-9-18(23-10-15)28-17-7-5-16(21)6-8-17;/h4-10H,11-12H2,1-3H3,(H2,22,24,25);1H. The number of aryl methyl sites for hydroxylation is 2. The summed E-state index contributed by atoms with van der Waals surface area (Å²) in [6.07, 6.45) is 1.71. The Bertz CT molecular complexity index is 923. The van der Waals surface area contributed by atoms with E-state index < -0.39 is 0 Å². The molecular formula is C20H23FIN5O2. The van der Waals surface area contributed by atoms with E-state index in [0.717, 1.165) is 17.0 Å². The van der Waals surface area contributed by atoms with Crippen molar-refractivity contribution in [3.8, 4) is 11.6 Å². The molecule has 154 valence electrons. The molecule has 0 saturated heterocycles. The van der Waals surface area contributed by atoms with E-state index in [1.807, 2.05) is 19.9 Å². The molecule has 0 bridgehead atoms. The molecule has 29 heavy (non-hydrogen) atoms. The monoisotopic (exact) mass is 511 g/mol. The first kappa shape index (κ1) is 22.6. The molecule has 0 amide bonds. The minimum atomic E-state index is -0.308. The van der Waals surface area contributed by atoms with Gasteiger partial charge in [-0.2, -0.15) is 0 Å². The van der Waals surface area contributed by atoms with E-state index in [1.54, 1.807) is 31.4 Å². The second kappa shape index (κ2) is 10.7. The number of rotatable bonds is 6. The number of hydrogen-bond donors (Lipinski definition) is 2. The third-order valence-corrected chi connectivity index (χ3v) is 4.00. The smallest absolute Gasteiger partial charge is 0.219 e. The Balaban J connectivity index is 0.00000300. The van der Waals surface area contributed by atoms with Crippen LogP contribution in [0.1, 0.15) is 22.9 Å². The SMILES string of the molecule is CN=C(NCc1ccc(Oc2ccc(F)cc2)nc1)NCc1nc(C)c(C)o1.I. The van der Waals surface area contributed by atoms with Crippen molar-refractivity contribution in [3.63, 3.8) is 0 Å². The molecule has 0 fully saturated rings. The van der Waals surface area contributed by atoms with Crippen LogP contribution in [0.25, 0.3) is 0 Å². The van der Waals surface area contributed by atoms with Crippen molar-refractivity contribution in [1.82, 2.24) is 20.6 Å². The number of guanidine groups is 1. The summed E-state index contributed by atoms with van der Waals surface area (Å²) in [5, 5.41) is 6.35. The summed E-state index contributed by atoms with van der Waals surface area (Å²) in [6.45, 7) is 4.77. The highest BCUT2D eigenvalue weighted by Crippen LogP contribution is 2.19. The van der Waals surface area contributed by atoms with Gasteiger partial charge in [0, 0.05) is 25.9 Å². The first-order valence-electron chi connectivity index (χ1n) is 8.79. The summed E-state index contributed by atoms with van der Waals surface area (Å²) >= 11 is 0. The van der Waals surface area contributed by atoms with Crippen LogP contribution in [-0.2, 0) is 13.1 Å². The fraction of sp³-hybridized carbons (Fsp3) is 0.250. The number of nitrogens with zero attached hydrogens (tertiary/aromatic N) is 3. The summed E-state index contributed by atoms with van der Waals surface area (Å²) < 4.78 is 24.0. The molecule has 0 unspecified atom stereocenters. The van der Waals surface area contributed by atoms with Gasteiger partial charge in [0.25, 0.3) is 0 Å². The second-order valence-electron chi connectivity index (χ2n) is 6.09. The van der Waals surface area contributed by atoms with Crippen LogP contribution in [0.15, 0.2) is 52.0 Å². The van der Waals surface area contributed by atoms with Crippen LogP contribution >= 0.6 is 24.0 Å². The molecule has 3 rings (SSSR count). The van der Waals surface area contributed by atoms with Gasteiger partial charge in [0.15, 0.2) is 5.96 Å². The number of hydrogen-bond acceptors (Lipinski definition) is 5. The quantitative estimate of drug-likeness (QED) is 0.295. The summed E-state index contributed by atoms with van der Waals surface area (Å²) in [5.74, 6) is 2.71. The molecule has 0 atom stereocenters. The number of ether oxygens (including phenoxy) is 1. The number of benzene rings is 1. The van der Waals surface area contributed by atoms with E-state index in [-0.39, 0.29) is 29.8 Å². The van der Waals surface area contributed by atoms with Gasteiger partial charge in [0.1, 0.15) is 17.3 Å². The summed E-state index contributed by atoms with van der Waals surface area (Å²) in [7, 11) is 1.69. The number of aromatic nitrogens is 2. The topological polar surface area (TPSA) is 84.6 Å². The van der Waals surface area contributed by atoms with E-state index in [1.165, 1.54) is 12.1 Å². The summed E-state index contributed by atoms with van der Waals surface area (Å²) in [6, 6.07) is 9.44. The summed E-state index contributed by atoms with van der Waals surface area (Å²) in [5.41, 5.74) is 1.84. The molecule has 9 heteroatoms. The minimum absolute atomic E-state index is 0. The van der Waals surface area contributed by atoms with Gasteiger partial charge < -0.3 is 19.8 Å². The van der Waals surface area contributed by atoms with E-state index in [4.69, 9.17) is 9.15 Å². The number of oxazole rings is 1. The lowest BCUT2D eigenvalue weighted by atomic mass is 10.3. The largest absolute Gasteiger partial charge is 0.444 e. The van der Waals surface area contributed by atoms with Crippen LogP contribution in [-0.4, -0.2) is 23.0 Å². The van der Waals surface area contributed by atoms with E-state index in [2.05, 4.69) is 25.6 Å². The average molecular weight is 511 g/mol. The van der Waals surface area contributed by atoms with Crippen molar-refractivity contribution < 1.29 is 13.5 Å². The van der Waals surface area contributed by atoms with Gasteiger partial charge in [-0.3, -0.25) is 4.99 Å². The molecule has 0 radical (unpaired) electrons. The number of pyridine rings is 1. The molecule has 1 aromatic carbocycles. The molecule has 3 aromatic rings. The van der Waals surface area contributed by atoms with Crippen molar-refractivity contribution in [2.45, 2.75) is 26.9 Å². The molecule has 0 saturated carbocycles. The van der Waals surface area contributed by atoms with Crippen LogP contribution in [0.3, 0.4) is 0 Å². The highest BCUT2D eigenvalue weighted by molar-refractivity contribution is 14.0. The fourth-order valence-corrected chi connectivity index (χ4v) is 2.38. The van der Waals surface area contributed by atoms with Gasteiger partial charge in [0.2, 0.25) is 11.8 Å². The third-order valence-electron chi connectivity index (χ3n) is 4.00. The van der Waals surface area contributed by atoms with Gasteiger partial charge in [0.05, 0.1) is 12.2 Å². The Morgan fingerprint density at radius 1 is 1.10 bits per heavy atom. The third kappa shape index (κ3) is 6.70. The van der Waals surface area contributed by atoms with Crippen molar-refractivity contribution in [2.24, 2.45) is 4.99 Å². The second-order valence-corrected chi connectivity index (χ2v) is 6.09. The lowest BCUT2D eigenvalue weighted by Gasteiger charge is -2.11. The Kier molecular flexibility index (Phi) is 8.37. The first-order chi connectivity index (χ1) is 13.5. The molecule has 2 N–H and O–H groups in total. The van der Waals surface area contributed by atoms with Gasteiger partial charge in [-0.1, -0.05) is 6.07 Å². The van der Waals surface area contributed by atoms with Crippen molar-refractivity contribution in [2.75, 3.05) is 7.05 Å². The summed E-state index contributed by atoms with van der Waals surface area (Å²) in [4.78, 5) is 12.8. The number of halogens is 2. The molecule has 0 aliphatic carbocycles. The first-order valence-corrected chi connectivity index (χ1v) is 8.79. The lowest BCUT2D eigenvalue weighted by Crippen LogP contribution is -2.36. The fourth-order valence-electron chi connectivity index (χ4n) is 2.38. The van der Waals surface area contributed by atoms with Crippen LogP contribution in [0.2, 0.25) is 0 Å². The average Bonchev–Trinajstić information content (AvgIpc) is 3.02. The van der Waals surface area contributed by atoms with Gasteiger partial charge in [-0.25, -0.2) is 14.4 Å². The van der Waals surface area contributed by atoms with E-state index in [0.29, 0.717) is 36.6 Å². The highest BCUT2D eigenvalue weighted by Gasteiger charge is 2.07. The normalized spacial score (nSPS) is 11.0. The Hall–Kier alpha value is -2.69. The van der Waals surface area contributed by atoms with Crippen LogP contribution < -0.4 is 15.4 Å². The van der Waals surface area contributed by atoms with E-state index in [9.17, 15) is 4.39 Å². The van der Waals surface area contributed by atoms with Gasteiger partial charge >= 0.3 is 0 Å². The number of aliphatic imine (C=N–C) groups is 1. The molecular weight excluding hydrogens is 488 g/mol. The molecule has 7 nitrogen and oxygen atoms in total. The van der Waals surface area contributed by atoms with Gasteiger partial charge in [-0.15, -0.1) is 24.0 Å². The zero-order chi connectivity index (χ0) is 19.9. The molecule has 0 spiro atoms. The van der Waals surface area contributed by atoms with Crippen LogP contribution in [0.5, 0.6) is 11.6 Å². The lowest BCUT2D eigenvalue weighted by molar-refractivity contribution is 0.460. The Labute approximate surface area is 185 Å². The molecule has 0 aliphatic heterocycles. The molecule has 2 aromatic heterocycles. The minimum Gasteiger partial charge on any atom is -0.444 e. The van der Waals surface area contributed by atoms with Crippen molar-refractivity contribution in [3.05, 3.63) is 71.3 Å². The van der Waals surface area contributed by atoms with Crippen LogP contribution in [0.4, 0.5) is 4.39 Å². The maximum Gasteiger partial charge on any atom is 0.219 e. The predicted molar refractivity (Wildman–Crippen MR) is 119 cm³/mol. The van der Waals surface area contributed by atoms with Gasteiger partial charge in [-0.05, 0) is 43.7 Å². The molecule has 0 aliphatic rings. The van der Waals surface area contributed by atoms with Crippen molar-refractivity contribution >= 4 is 29.9 Å². The Morgan fingerprint density at radius 2 is 1.83 bits per heavy atom. The highest BCUT2D eigenvalue weighted by atomic mass is 127.